The highest BCUT2D eigenvalue weighted by Crippen LogP contribution is 2.40. The fourth-order valence-electron chi connectivity index (χ4n) is 4.18. The van der Waals surface area contributed by atoms with Gasteiger partial charge in [-0.15, -0.1) is 0 Å². The lowest BCUT2D eigenvalue weighted by atomic mass is 9.88. The Kier molecular flexibility index (Phi) is 5.13. The molecule has 5 heteroatoms. The van der Waals surface area contributed by atoms with Crippen LogP contribution >= 0.6 is 0 Å². The van der Waals surface area contributed by atoms with Crippen molar-refractivity contribution in [3.63, 3.8) is 0 Å². The van der Waals surface area contributed by atoms with Crippen LogP contribution < -0.4 is 9.47 Å². The van der Waals surface area contributed by atoms with Crippen molar-refractivity contribution < 1.29 is 17.9 Å². The van der Waals surface area contributed by atoms with Crippen LogP contribution in [0.3, 0.4) is 0 Å². The molecule has 2 aromatic rings. The predicted molar refractivity (Wildman–Crippen MR) is 106 cm³/mol. The average Bonchev–Trinajstić information content (AvgIpc) is 2.95. The molecule has 27 heavy (non-hydrogen) atoms. The summed E-state index contributed by atoms with van der Waals surface area (Å²) in [5, 5.41) is 0. The molecule has 0 amide bonds. The van der Waals surface area contributed by atoms with Crippen LogP contribution in [0.2, 0.25) is 0 Å². The zero-order valence-corrected chi connectivity index (χ0v) is 16.6. The SMILES string of the molecule is CS(=O)(=O)c1ccc(-c2cc3c(cc2CC2CCCCCC2)OCO3)cc1. The molecule has 0 N–H and O–H groups in total. The van der Waals surface area contributed by atoms with Crippen LogP contribution in [0.1, 0.15) is 44.1 Å². The first-order chi connectivity index (χ1) is 13.0. The maximum Gasteiger partial charge on any atom is 0.231 e. The van der Waals surface area contributed by atoms with Gasteiger partial charge in [0.05, 0.1) is 4.90 Å². The minimum absolute atomic E-state index is 0.259. The van der Waals surface area contributed by atoms with Crippen molar-refractivity contribution in [3.05, 3.63) is 42.0 Å². The molecule has 4 rings (SSSR count). The van der Waals surface area contributed by atoms with Crippen molar-refractivity contribution in [1.29, 1.82) is 0 Å². The first-order valence-corrected chi connectivity index (χ1v) is 11.6. The molecule has 0 radical (unpaired) electrons. The second-order valence-electron chi connectivity index (χ2n) is 7.72. The van der Waals surface area contributed by atoms with Gasteiger partial charge in [-0.3, -0.25) is 0 Å². The van der Waals surface area contributed by atoms with Gasteiger partial charge in [0, 0.05) is 6.26 Å². The Bertz CT molecular complexity index is 908. The molecule has 144 valence electrons. The number of benzene rings is 2. The maximum atomic E-state index is 11.8. The average molecular weight is 387 g/mol. The normalized spacial score (nSPS) is 17.7. The van der Waals surface area contributed by atoms with Gasteiger partial charge in [0.25, 0.3) is 0 Å². The molecule has 0 unspecified atom stereocenters. The molecule has 1 heterocycles. The van der Waals surface area contributed by atoms with Gasteiger partial charge >= 0.3 is 0 Å². The van der Waals surface area contributed by atoms with E-state index in [2.05, 4.69) is 6.07 Å². The zero-order valence-electron chi connectivity index (χ0n) is 15.7. The number of fused-ring (bicyclic) bond motifs is 1. The molecular weight excluding hydrogens is 360 g/mol. The second kappa shape index (κ2) is 7.55. The molecule has 0 saturated heterocycles. The van der Waals surface area contributed by atoms with Gasteiger partial charge in [0.1, 0.15) is 0 Å². The lowest BCUT2D eigenvalue weighted by molar-refractivity contribution is 0.174. The fraction of sp³-hybridized carbons (Fsp3) is 0.455. The molecule has 0 aromatic heterocycles. The Morgan fingerprint density at radius 2 is 1.56 bits per heavy atom. The van der Waals surface area contributed by atoms with Gasteiger partial charge in [0.15, 0.2) is 21.3 Å². The lowest BCUT2D eigenvalue weighted by Crippen LogP contribution is -2.05. The van der Waals surface area contributed by atoms with Crippen LogP contribution in [0, 0.1) is 5.92 Å². The third-order valence-electron chi connectivity index (χ3n) is 5.68. The van der Waals surface area contributed by atoms with Crippen molar-refractivity contribution in [2.24, 2.45) is 5.92 Å². The van der Waals surface area contributed by atoms with Gasteiger partial charge in [0.2, 0.25) is 6.79 Å². The summed E-state index contributed by atoms with van der Waals surface area (Å²) < 4.78 is 34.7. The number of hydrogen-bond donors (Lipinski definition) is 0. The molecule has 1 aliphatic carbocycles. The smallest absolute Gasteiger partial charge is 0.231 e. The molecule has 2 aliphatic rings. The highest BCUT2D eigenvalue weighted by Gasteiger charge is 2.21. The minimum Gasteiger partial charge on any atom is -0.454 e. The number of ether oxygens (including phenoxy) is 2. The van der Waals surface area contributed by atoms with E-state index in [1.165, 1.54) is 50.3 Å². The maximum absolute atomic E-state index is 11.8. The number of sulfone groups is 1. The van der Waals surface area contributed by atoms with Crippen molar-refractivity contribution in [1.82, 2.24) is 0 Å². The Hall–Kier alpha value is -2.01. The molecular formula is C22H26O4S. The van der Waals surface area contributed by atoms with E-state index in [0.717, 1.165) is 29.0 Å². The monoisotopic (exact) mass is 386 g/mol. The topological polar surface area (TPSA) is 52.6 Å². The summed E-state index contributed by atoms with van der Waals surface area (Å²) in [7, 11) is -3.19. The molecule has 1 aliphatic heterocycles. The predicted octanol–water partition coefficient (Wildman–Crippen LogP) is 5.00. The largest absolute Gasteiger partial charge is 0.454 e. The molecule has 1 saturated carbocycles. The van der Waals surface area contributed by atoms with E-state index in [1.54, 1.807) is 12.1 Å². The standard InChI is InChI=1S/C22H26O4S/c1-27(23,24)19-10-8-17(9-11-19)20-14-22-21(25-15-26-22)13-18(20)12-16-6-4-2-3-5-7-16/h8-11,13-14,16H,2-7,12,15H2,1H3. The van der Waals surface area contributed by atoms with Crippen LogP contribution in [0.25, 0.3) is 11.1 Å². The minimum atomic E-state index is -3.19. The van der Waals surface area contributed by atoms with Gasteiger partial charge in [-0.05, 0) is 53.3 Å². The van der Waals surface area contributed by atoms with Gasteiger partial charge < -0.3 is 9.47 Å². The second-order valence-corrected chi connectivity index (χ2v) is 9.74. The van der Waals surface area contributed by atoms with Crippen LogP contribution in [0.4, 0.5) is 0 Å². The third kappa shape index (κ3) is 4.13. The fourth-order valence-corrected chi connectivity index (χ4v) is 4.81. The van der Waals surface area contributed by atoms with Crippen LogP contribution in [-0.4, -0.2) is 21.5 Å². The lowest BCUT2D eigenvalue weighted by Gasteiger charge is -2.18. The summed E-state index contributed by atoms with van der Waals surface area (Å²) in [6.07, 6.45) is 10.1. The van der Waals surface area contributed by atoms with E-state index in [1.807, 2.05) is 18.2 Å². The molecule has 0 spiro atoms. The van der Waals surface area contributed by atoms with Crippen LogP contribution in [-0.2, 0) is 16.3 Å². The summed E-state index contributed by atoms with van der Waals surface area (Å²) in [6.45, 7) is 0.259. The molecule has 4 nitrogen and oxygen atoms in total. The number of rotatable bonds is 4. The molecule has 0 atom stereocenters. The van der Waals surface area contributed by atoms with Gasteiger partial charge in [-0.25, -0.2) is 8.42 Å². The Morgan fingerprint density at radius 3 is 2.19 bits per heavy atom. The molecule has 1 fully saturated rings. The summed E-state index contributed by atoms with van der Waals surface area (Å²) in [5.74, 6) is 2.28. The van der Waals surface area contributed by atoms with Crippen molar-refractivity contribution in [2.45, 2.75) is 49.8 Å². The van der Waals surface area contributed by atoms with E-state index < -0.39 is 9.84 Å². The third-order valence-corrected chi connectivity index (χ3v) is 6.80. The summed E-state index contributed by atoms with van der Waals surface area (Å²) in [6, 6.07) is 11.3. The van der Waals surface area contributed by atoms with E-state index in [-0.39, 0.29) is 6.79 Å². The quantitative estimate of drug-likeness (QED) is 0.694. The zero-order chi connectivity index (χ0) is 18.9. The highest BCUT2D eigenvalue weighted by molar-refractivity contribution is 7.90. The van der Waals surface area contributed by atoms with E-state index >= 15 is 0 Å². The first-order valence-electron chi connectivity index (χ1n) is 9.74. The van der Waals surface area contributed by atoms with Crippen molar-refractivity contribution in [2.75, 3.05) is 13.0 Å². The van der Waals surface area contributed by atoms with Crippen molar-refractivity contribution >= 4 is 9.84 Å². The molecule has 0 bridgehead atoms. The Morgan fingerprint density at radius 1 is 0.926 bits per heavy atom. The van der Waals surface area contributed by atoms with Crippen molar-refractivity contribution in [3.8, 4) is 22.6 Å². The highest BCUT2D eigenvalue weighted by atomic mass is 32.2. The molecule has 2 aromatic carbocycles. The van der Waals surface area contributed by atoms with E-state index in [0.29, 0.717) is 10.8 Å². The van der Waals surface area contributed by atoms with Crippen LogP contribution in [0.5, 0.6) is 11.5 Å². The Balaban J connectivity index is 1.70. The Labute approximate surface area is 161 Å². The van der Waals surface area contributed by atoms with Gasteiger partial charge in [-0.2, -0.15) is 0 Å². The van der Waals surface area contributed by atoms with Crippen LogP contribution in [0.15, 0.2) is 41.3 Å². The number of hydrogen-bond acceptors (Lipinski definition) is 4. The first kappa shape index (κ1) is 18.4. The summed E-state index contributed by atoms with van der Waals surface area (Å²) in [4.78, 5) is 0.345. The van der Waals surface area contributed by atoms with Gasteiger partial charge in [-0.1, -0.05) is 50.7 Å². The summed E-state index contributed by atoms with van der Waals surface area (Å²) >= 11 is 0. The summed E-state index contributed by atoms with van der Waals surface area (Å²) in [5.41, 5.74) is 3.39. The van der Waals surface area contributed by atoms with E-state index in [9.17, 15) is 8.42 Å². The van der Waals surface area contributed by atoms with E-state index in [4.69, 9.17) is 9.47 Å².